The van der Waals surface area contributed by atoms with Gasteiger partial charge in [0.1, 0.15) is 9.84 Å². The van der Waals surface area contributed by atoms with E-state index < -0.39 is 15.3 Å². The maximum Gasteiger partial charge on any atom is 0.230 e. The third kappa shape index (κ3) is 4.99. The lowest BCUT2D eigenvalue weighted by molar-refractivity contribution is -0.127. The first-order valence-electron chi connectivity index (χ1n) is 7.47. The Kier molecular flexibility index (Phi) is 6.88. The van der Waals surface area contributed by atoms with E-state index in [1.54, 1.807) is 12.1 Å². The van der Waals surface area contributed by atoms with Crippen molar-refractivity contribution >= 4 is 27.3 Å². The molecule has 0 saturated carbocycles. The van der Waals surface area contributed by atoms with Crippen molar-refractivity contribution in [2.24, 2.45) is 0 Å². The van der Waals surface area contributed by atoms with Crippen LogP contribution in [0.4, 0.5) is 0 Å². The van der Waals surface area contributed by atoms with E-state index in [9.17, 15) is 13.2 Å². The second-order valence-electron chi connectivity index (χ2n) is 5.54. The van der Waals surface area contributed by atoms with Crippen molar-refractivity contribution in [2.75, 3.05) is 18.6 Å². The van der Waals surface area contributed by atoms with Gasteiger partial charge in [-0.1, -0.05) is 37.6 Å². The Balaban J connectivity index is 2.81. The van der Waals surface area contributed by atoms with E-state index in [2.05, 4.69) is 5.32 Å². The minimum atomic E-state index is -2.99. The maximum absolute atomic E-state index is 12.6. The van der Waals surface area contributed by atoms with E-state index in [1.165, 1.54) is 6.26 Å². The highest BCUT2D eigenvalue weighted by atomic mass is 35.5. The number of nitrogens with one attached hydrogen (secondary N) is 1. The zero-order valence-electron chi connectivity index (χ0n) is 13.4. The van der Waals surface area contributed by atoms with Crippen LogP contribution in [0.1, 0.15) is 38.7 Å². The predicted octanol–water partition coefficient (Wildman–Crippen LogP) is 2.95. The average Bonchev–Trinajstić information content (AvgIpc) is 2.46. The number of rotatable bonds is 8. The summed E-state index contributed by atoms with van der Waals surface area (Å²) in [5.74, 6) is 0.0211. The summed E-state index contributed by atoms with van der Waals surface area (Å²) in [6.45, 7) is 4.32. The van der Waals surface area contributed by atoms with Gasteiger partial charge in [-0.25, -0.2) is 8.42 Å². The highest BCUT2D eigenvalue weighted by molar-refractivity contribution is 7.90. The molecule has 6 heteroatoms. The number of hydrogen-bond donors (Lipinski definition) is 1. The molecular formula is C16H24ClNO3S. The van der Waals surface area contributed by atoms with Crippen molar-refractivity contribution in [2.45, 2.75) is 38.5 Å². The van der Waals surface area contributed by atoms with Crippen molar-refractivity contribution in [1.29, 1.82) is 0 Å². The Labute approximate surface area is 138 Å². The lowest BCUT2D eigenvalue weighted by Gasteiger charge is -2.31. The molecule has 0 aliphatic heterocycles. The van der Waals surface area contributed by atoms with Crippen LogP contribution in [-0.4, -0.2) is 32.9 Å². The van der Waals surface area contributed by atoms with E-state index in [0.717, 1.165) is 5.56 Å². The van der Waals surface area contributed by atoms with Crippen LogP contribution in [-0.2, 0) is 20.0 Å². The van der Waals surface area contributed by atoms with E-state index >= 15 is 0 Å². The van der Waals surface area contributed by atoms with Crippen LogP contribution in [0.2, 0.25) is 5.02 Å². The molecule has 0 unspecified atom stereocenters. The van der Waals surface area contributed by atoms with Crippen molar-refractivity contribution in [3.8, 4) is 0 Å². The molecule has 0 saturated heterocycles. The highest BCUT2D eigenvalue weighted by Crippen LogP contribution is 2.32. The van der Waals surface area contributed by atoms with Gasteiger partial charge in [0.15, 0.2) is 0 Å². The van der Waals surface area contributed by atoms with Crippen LogP contribution < -0.4 is 5.32 Å². The van der Waals surface area contributed by atoms with E-state index in [1.807, 2.05) is 26.0 Å². The van der Waals surface area contributed by atoms with E-state index in [0.29, 0.717) is 30.8 Å². The van der Waals surface area contributed by atoms with Crippen LogP contribution in [0.5, 0.6) is 0 Å². The standard InChI is InChI=1S/C16H24ClNO3S/c1-4-16(5-2,13-7-9-14(17)10-8-13)15(19)18-11-6-12-22(3,20)21/h7-10H,4-6,11-12H2,1-3H3,(H,18,19). The fourth-order valence-electron chi connectivity index (χ4n) is 2.58. The number of halogens is 1. The summed E-state index contributed by atoms with van der Waals surface area (Å²) in [5, 5.41) is 3.51. The Morgan fingerprint density at radius 2 is 1.73 bits per heavy atom. The molecular weight excluding hydrogens is 322 g/mol. The number of sulfone groups is 1. The molecule has 1 aromatic rings. The lowest BCUT2D eigenvalue weighted by atomic mass is 9.75. The van der Waals surface area contributed by atoms with Gasteiger partial charge in [0.2, 0.25) is 5.91 Å². The molecule has 0 atom stereocenters. The fraction of sp³-hybridized carbons (Fsp3) is 0.562. The summed E-state index contributed by atoms with van der Waals surface area (Å²) in [4.78, 5) is 12.6. The first kappa shape index (κ1) is 19.0. The summed E-state index contributed by atoms with van der Waals surface area (Å²) >= 11 is 5.92. The molecule has 0 bridgehead atoms. The van der Waals surface area contributed by atoms with Crippen LogP contribution in [0.25, 0.3) is 0 Å². The summed E-state index contributed by atoms with van der Waals surface area (Å²) in [5.41, 5.74) is 0.331. The molecule has 4 nitrogen and oxygen atoms in total. The van der Waals surface area contributed by atoms with Gasteiger partial charge >= 0.3 is 0 Å². The molecule has 0 spiro atoms. The van der Waals surface area contributed by atoms with Gasteiger partial charge in [0, 0.05) is 17.8 Å². The smallest absolute Gasteiger partial charge is 0.230 e. The summed E-state index contributed by atoms with van der Waals surface area (Å²) in [6, 6.07) is 7.33. The molecule has 0 fully saturated rings. The topological polar surface area (TPSA) is 63.2 Å². The van der Waals surface area contributed by atoms with Crippen molar-refractivity contribution < 1.29 is 13.2 Å². The van der Waals surface area contributed by atoms with Gasteiger partial charge in [-0.2, -0.15) is 0 Å². The molecule has 124 valence electrons. The zero-order valence-corrected chi connectivity index (χ0v) is 14.9. The van der Waals surface area contributed by atoms with Crippen LogP contribution in [0.15, 0.2) is 24.3 Å². The highest BCUT2D eigenvalue weighted by Gasteiger charge is 2.36. The molecule has 1 rings (SSSR count). The molecule has 22 heavy (non-hydrogen) atoms. The second-order valence-corrected chi connectivity index (χ2v) is 8.23. The Morgan fingerprint density at radius 1 is 1.18 bits per heavy atom. The van der Waals surface area contributed by atoms with Crippen LogP contribution in [0, 0.1) is 0 Å². The Hall–Kier alpha value is -1.07. The van der Waals surface area contributed by atoms with Crippen LogP contribution in [0.3, 0.4) is 0 Å². The molecule has 1 N–H and O–H groups in total. The third-order valence-electron chi connectivity index (χ3n) is 4.02. The number of amides is 1. The minimum Gasteiger partial charge on any atom is -0.355 e. The first-order chi connectivity index (χ1) is 10.2. The van der Waals surface area contributed by atoms with Gasteiger partial charge in [0.05, 0.1) is 11.2 Å². The quantitative estimate of drug-likeness (QED) is 0.737. The lowest BCUT2D eigenvalue weighted by Crippen LogP contribution is -2.44. The van der Waals surface area contributed by atoms with E-state index in [-0.39, 0.29) is 11.7 Å². The number of benzene rings is 1. The average molecular weight is 346 g/mol. The fourth-order valence-corrected chi connectivity index (χ4v) is 3.38. The Morgan fingerprint density at radius 3 is 2.18 bits per heavy atom. The van der Waals surface area contributed by atoms with Gasteiger partial charge < -0.3 is 5.32 Å². The Bertz CT molecular complexity index is 592. The van der Waals surface area contributed by atoms with Gasteiger partial charge in [-0.15, -0.1) is 0 Å². The van der Waals surface area contributed by atoms with Crippen molar-refractivity contribution in [1.82, 2.24) is 5.32 Å². The van der Waals surface area contributed by atoms with Crippen molar-refractivity contribution in [3.05, 3.63) is 34.9 Å². The van der Waals surface area contributed by atoms with Gasteiger partial charge in [0.25, 0.3) is 0 Å². The second kappa shape index (κ2) is 7.97. The van der Waals surface area contributed by atoms with Gasteiger partial charge in [-0.05, 0) is 37.0 Å². The van der Waals surface area contributed by atoms with Crippen molar-refractivity contribution in [3.63, 3.8) is 0 Å². The number of hydrogen-bond acceptors (Lipinski definition) is 3. The SMILES string of the molecule is CCC(CC)(C(=O)NCCCS(C)(=O)=O)c1ccc(Cl)cc1. The number of carbonyl (C=O) groups is 1. The van der Waals surface area contributed by atoms with Crippen LogP contribution >= 0.6 is 11.6 Å². The number of carbonyl (C=O) groups excluding carboxylic acids is 1. The molecule has 0 heterocycles. The first-order valence-corrected chi connectivity index (χ1v) is 9.91. The normalized spacial score (nSPS) is 12.2. The third-order valence-corrected chi connectivity index (χ3v) is 5.30. The molecule has 0 aliphatic carbocycles. The summed E-state index contributed by atoms with van der Waals surface area (Å²) in [6.07, 6.45) is 2.96. The minimum absolute atomic E-state index is 0.0617. The van der Waals surface area contributed by atoms with E-state index in [4.69, 9.17) is 11.6 Å². The summed E-state index contributed by atoms with van der Waals surface area (Å²) in [7, 11) is -2.99. The van der Waals surface area contributed by atoms with Gasteiger partial charge in [-0.3, -0.25) is 4.79 Å². The molecule has 0 aromatic heterocycles. The predicted molar refractivity (Wildman–Crippen MR) is 91.0 cm³/mol. The molecule has 0 aliphatic rings. The molecule has 0 radical (unpaired) electrons. The maximum atomic E-state index is 12.6. The largest absolute Gasteiger partial charge is 0.355 e. The molecule has 1 amide bonds. The summed E-state index contributed by atoms with van der Waals surface area (Å²) < 4.78 is 22.2. The molecule has 1 aromatic carbocycles. The monoisotopic (exact) mass is 345 g/mol. The zero-order chi connectivity index (χ0) is 16.8.